The molecule has 1 aromatic heterocycles. The Labute approximate surface area is 118 Å². The van der Waals surface area contributed by atoms with Crippen molar-refractivity contribution in [1.29, 1.82) is 0 Å². The van der Waals surface area contributed by atoms with Gasteiger partial charge in [0.15, 0.2) is 0 Å². The van der Waals surface area contributed by atoms with Crippen LogP contribution in [0.25, 0.3) is 11.5 Å². The van der Waals surface area contributed by atoms with E-state index in [0.717, 1.165) is 5.56 Å². The maximum atomic E-state index is 11.1. The largest absolute Gasteiger partial charge is 0.475 e. The van der Waals surface area contributed by atoms with Crippen LogP contribution in [0.15, 0.2) is 28.7 Å². The molecule has 4 heteroatoms. The number of aromatic nitrogens is 1. The highest BCUT2D eigenvalue weighted by Crippen LogP contribution is 2.27. The molecule has 1 N–H and O–H groups in total. The summed E-state index contributed by atoms with van der Waals surface area (Å²) < 4.78 is 5.37. The molecule has 0 unspecified atom stereocenters. The van der Waals surface area contributed by atoms with Gasteiger partial charge in [0.05, 0.1) is 5.69 Å². The fraction of sp³-hybridized carbons (Fsp3) is 0.375. The van der Waals surface area contributed by atoms with Crippen LogP contribution in [0.5, 0.6) is 0 Å². The first-order valence-corrected chi connectivity index (χ1v) is 6.67. The van der Waals surface area contributed by atoms with Gasteiger partial charge in [0.25, 0.3) is 0 Å². The highest BCUT2D eigenvalue weighted by Gasteiger charge is 2.19. The number of nitrogens with zero attached hydrogens (tertiary/aromatic N) is 1. The van der Waals surface area contributed by atoms with Crippen LogP contribution in [-0.4, -0.2) is 16.1 Å². The smallest absolute Gasteiger partial charge is 0.373 e. The molecule has 0 amide bonds. The van der Waals surface area contributed by atoms with Gasteiger partial charge in [-0.1, -0.05) is 39.8 Å². The first kappa shape index (κ1) is 14.3. The van der Waals surface area contributed by atoms with Crippen LogP contribution < -0.4 is 0 Å². The van der Waals surface area contributed by atoms with E-state index in [-0.39, 0.29) is 11.2 Å². The number of oxazole rings is 1. The predicted octanol–water partition coefficient (Wildman–Crippen LogP) is 3.90. The van der Waals surface area contributed by atoms with Crippen LogP contribution in [-0.2, 0) is 11.8 Å². The molecule has 2 rings (SSSR count). The molecule has 0 aliphatic heterocycles. The van der Waals surface area contributed by atoms with Crippen molar-refractivity contribution in [1.82, 2.24) is 4.98 Å². The zero-order valence-electron chi connectivity index (χ0n) is 12.2. The molecular formula is C16H19NO3. The molecule has 0 radical (unpaired) electrons. The van der Waals surface area contributed by atoms with Gasteiger partial charge in [0.2, 0.25) is 11.7 Å². The van der Waals surface area contributed by atoms with E-state index in [2.05, 4.69) is 25.8 Å². The quantitative estimate of drug-likeness (QED) is 0.921. The van der Waals surface area contributed by atoms with Gasteiger partial charge in [-0.3, -0.25) is 0 Å². The standard InChI is InChI=1S/C16H19NO3/c1-5-12-13(15(18)19)20-14(17-12)10-6-8-11(9-7-10)16(2,3)4/h6-9H,5H2,1-4H3,(H,18,19). The molecule has 0 atom stereocenters. The van der Waals surface area contributed by atoms with Gasteiger partial charge < -0.3 is 9.52 Å². The molecule has 0 saturated heterocycles. The minimum atomic E-state index is -1.08. The summed E-state index contributed by atoms with van der Waals surface area (Å²) in [6, 6.07) is 7.87. The first-order chi connectivity index (χ1) is 9.32. The molecule has 1 aromatic carbocycles. The Balaban J connectivity index is 2.39. The molecule has 2 aromatic rings. The summed E-state index contributed by atoms with van der Waals surface area (Å²) >= 11 is 0. The molecule has 0 aliphatic carbocycles. The molecule has 106 valence electrons. The summed E-state index contributed by atoms with van der Waals surface area (Å²) in [6.45, 7) is 8.29. The van der Waals surface area contributed by atoms with Crippen LogP contribution in [0.3, 0.4) is 0 Å². The molecule has 0 bridgehead atoms. The Morgan fingerprint density at radius 3 is 2.25 bits per heavy atom. The third kappa shape index (κ3) is 2.74. The fourth-order valence-corrected chi connectivity index (χ4v) is 1.99. The van der Waals surface area contributed by atoms with Crippen LogP contribution in [0.1, 0.15) is 49.5 Å². The maximum Gasteiger partial charge on any atom is 0.373 e. The molecule has 1 heterocycles. The van der Waals surface area contributed by atoms with Crippen molar-refractivity contribution in [2.75, 3.05) is 0 Å². The average molecular weight is 273 g/mol. The van der Waals surface area contributed by atoms with Crippen molar-refractivity contribution in [3.8, 4) is 11.5 Å². The second kappa shape index (κ2) is 5.12. The van der Waals surface area contributed by atoms with Gasteiger partial charge in [-0.2, -0.15) is 0 Å². The van der Waals surface area contributed by atoms with Crippen LogP contribution >= 0.6 is 0 Å². The first-order valence-electron chi connectivity index (χ1n) is 6.67. The molecule has 0 spiro atoms. The number of carbonyl (C=O) groups is 1. The summed E-state index contributed by atoms with van der Waals surface area (Å²) in [5.74, 6) is -0.783. The van der Waals surface area contributed by atoms with Crippen LogP contribution in [0.4, 0.5) is 0 Å². The SMILES string of the molecule is CCc1nc(-c2ccc(C(C)(C)C)cc2)oc1C(=O)O. The Morgan fingerprint density at radius 2 is 1.85 bits per heavy atom. The minimum absolute atomic E-state index is 0.0672. The van der Waals surface area contributed by atoms with E-state index in [1.54, 1.807) is 0 Å². The predicted molar refractivity (Wildman–Crippen MR) is 77.0 cm³/mol. The molecular weight excluding hydrogens is 254 g/mol. The van der Waals surface area contributed by atoms with Crippen molar-refractivity contribution >= 4 is 5.97 Å². The van der Waals surface area contributed by atoms with Crippen molar-refractivity contribution in [3.63, 3.8) is 0 Å². The number of aromatic carboxylic acids is 1. The van der Waals surface area contributed by atoms with E-state index >= 15 is 0 Å². The summed E-state index contributed by atoms with van der Waals surface area (Å²) in [5, 5.41) is 9.07. The number of rotatable bonds is 3. The van der Waals surface area contributed by atoms with Gasteiger partial charge >= 0.3 is 5.97 Å². The zero-order chi connectivity index (χ0) is 14.9. The van der Waals surface area contributed by atoms with Gasteiger partial charge in [-0.15, -0.1) is 0 Å². The molecule has 0 aliphatic rings. The third-order valence-corrected chi connectivity index (χ3v) is 3.22. The lowest BCUT2D eigenvalue weighted by Crippen LogP contribution is -2.10. The Bertz CT molecular complexity index is 618. The summed E-state index contributed by atoms with van der Waals surface area (Å²) in [6.07, 6.45) is 0.533. The number of carboxylic acid groups (broad SMARTS) is 1. The second-order valence-corrected chi connectivity index (χ2v) is 5.78. The van der Waals surface area contributed by atoms with Gasteiger partial charge in [-0.25, -0.2) is 9.78 Å². The molecule has 4 nitrogen and oxygen atoms in total. The molecule has 0 fully saturated rings. The lowest BCUT2D eigenvalue weighted by Gasteiger charge is -2.18. The Kier molecular flexibility index (Phi) is 3.66. The highest BCUT2D eigenvalue weighted by atomic mass is 16.4. The monoisotopic (exact) mass is 273 g/mol. The summed E-state index contributed by atoms with van der Waals surface area (Å²) in [4.78, 5) is 15.3. The number of hydrogen-bond donors (Lipinski definition) is 1. The van der Waals surface area contributed by atoms with Gasteiger partial charge in [-0.05, 0) is 29.5 Å². The molecule has 0 saturated carbocycles. The third-order valence-electron chi connectivity index (χ3n) is 3.22. The number of hydrogen-bond acceptors (Lipinski definition) is 3. The topological polar surface area (TPSA) is 63.3 Å². The van der Waals surface area contributed by atoms with Crippen LogP contribution in [0.2, 0.25) is 0 Å². The van der Waals surface area contributed by atoms with E-state index in [0.29, 0.717) is 18.0 Å². The fourth-order valence-electron chi connectivity index (χ4n) is 1.99. The second-order valence-electron chi connectivity index (χ2n) is 5.78. The summed E-state index contributed by atoms with van der Waals surface area (Å²) in [5.41, 5.74) is 2.56. The lowest BCUT2D eigenvalue weighted by atomic mass is 9.87. The van der Waals surface area contributed by atoms with Crippen molar-refractivity contribution in [2.45, 2.75) is 39.5 Å². The summed E-state index contributed by atoms with van der Waals surface area (Å²) in [7, 11) is 0. The number of carboxylic acids is 1. The highest BCUT2D eigenvalue weighted by molar-refractivity contribution is 5.86. The maximum absolute atomic E-state index is 11.1. The number of benzene rings is 1. The Morgan fingerprint density at radius 1 is 1.25 bits per heavy atom. The number of aryl methyl sites for hydroxylation is 1. The lowest BCUT2D eigenvalue weighted by molar-refractivity contribution is 0.0662. The van der Waals surface area contributed by atoms with E-state index in [4.69, 9.17) is 9.52 Å². The van der Waals surface area contributed by atoms with Crippen molar-refractivity contribution in [3.05, 3.63) is 41.3 Å². The van der Waals surface area contributed by atoms with Gasteiger partial charge in [0.1, 0.15) is 0 Å². The van der Waals surface area contributed by atoms with E-state index < -0.39 is 5.97 Å². The van der Waals surface area contributed by atoms with E-state index in [1.165, 1.54) is 5.56 Å². The molecule has 20 heavy (non-hydrogen) atoms. The van der Waals surface area contributed by atoms with Gasteiger partial charge in [0, 0.05) is 5.56 Å². The van der Waals surface area contributed by atoms with E-state index in [9.17, 15) is 4.79 Å². The van der Waals surface area contributed by atoms with Crippen molar-refractivity contribution < 1.29 is 14.3 Å². The van der Waals surface area contributed by atoms with Crippen LogP contribution in [0, 0.1) is 0 Å². The Hall–Kier alpha value is -2.10. The van der Waals surface area contributed by atoms with E-state index in [1.807, 2.05) is 31.2 Å². The zero-order valence-corrected chi connectivity index (χ0v) is 12.2. The minimum Gasteiger partial charge on any atom is -0.475 e. The average Bonchev–Trinajstić information content (AvgIpc) is 2.82. The normalized spacial score (nSPS) is 11.6. The van der Waals surface area contributed by atoms with Crippen molar-refractivity contribution in [2.24, 2.45) is 0 Å².